The van der Waals surface area contributed by atoms with E-state index in [1.165, 1.54) is 43.4 Å². The number of ether oxygens (including phenoxy) is 1. The molecule has 0 radical (unpaired) electrons. The van der Waals surface area contributed by atoms with E-state index in [4.69, 9.17) is 10.5 Å². The van der Waals surface area contributed by atoms with E-state index in [0.29, 0.717) is 11.3 Å². The summed E-state index contributed by atoms with van der Waals surface area (Å²) in [6.45, 7) is 1.68. The van der Waals surface area contributed by atoms with Crippen LogP contribution in [0.2, 0.25) is 0 Å². The van der Waals surface area contributed by atoms with Crippen molar-refractivity contribution in [1.29, 1.82) is 0 Å². The minimum Gasteiger partial charge on any atom is -0.455 e. The molecule has 0 aliphatic rings. The number of hydrogen-bond donors (Lipinski definition) is 2. The SMILES string of the molecule is CNS(=O)(=O)c1ccc(N)c(Oc2ccc(F)cc2C)c1. The van der Waals surface area contributed by atoms with Gasteiger partial charge in [0.25, 0.3) is 0 Å². The minimum absolute atomic E-state index is 0.0361. The number of hydrogen-bond acceptors (Lipinski definition) is 4. The Morgan fingerprint density at radius 2 is 1.86 bits per heavy atom. The van der Waals surface area contributed by atoms with Gasteiger partial charge in [0.1, 0.15) is 11.6 Å². The fraction of sp³-hybridized carbons (Fsp3) is 0.143. The molecule has 2 rings (SSSR count). The van der Waals surface area contributed by atoms with Crippen LogP contribution in [0.3, 0.4) is 0 Å². The zero-order chi connectivity index (χ0) is 15.6. The van der Waals surface area contributed by atoms with E-state index < -0.39 is 10.0 Å². The molecule has 0 fully saturated rings. The maximum Gasteiger partial charge on any atom is 0.240 e. The first-order valence-electron chi connectivity index (χ1n) is 6.10. The van der Waals surface area contributed by atoms with Crippen LogP contribution in [0, 0.1) is 12.7 Å². The molecule has 112 valence electrons. The summed E-state index contributed by atoms with van der Waals surface area (Å²) >= 11 is 0. The molecule has 7 heteroatoms. The maximum absolute atomic E-state index is 13.1. The lowest BCUT2D eigenvalue weighted by atomic mass is 10.2. The number of nitrogens with two attached hydrogens (primary N) is 1. The molecule has 5 nitrogen and oxygen atoms in total. The van der Waals surface area contributed by atoms with Crippen LogP contribution < -0.4 is 15.2 Å². The maximum atomic E-state index is 13.1. The van der Waals surface area contributed by atoms with Crippen molar-refractivity contribution in [2.45, 2.75) is 11.8 Å². The predicted molar refractivity (Wildman–Crippen MR) is 78.3 cm³/mol. The highest BCUT2D eigenvalue weighted by Crippen LogP contribution is 2.31. The highest BCUT2D eigenvalue weighted by atomic mass is 32.2. The Balaban J connectivity index is 2.42. The zero-order valence-corrected chi connectivity index (χ0v) is 12.4. The van der Waals surface area contributed by atoms with Crippen LogP contribution >= 0.6 is 0 Å². The van der Waals surface area contributed by atoms with Gasteiger partial charge < -0.3 is 10.5 Å². The molecule has 0 atom stereocenters. The van der Waals surface area contributed by atoms with E-state index in [-0.39, 0.29) is 22.1 Å². The molecule has 0 saturated carbocycles. The summed E-state index contributed by atoms with van der Waals surface area (Å²) in [6, 6.07) is 8.18. The van der Waals surface area contributed by atoms with Gasteiger partial charge in [-0.3, -0.25) is 0 Å². The highest BCUT2D eigenvalue weighted by Gasteiger charge is 2.15. The smallest absolute Gasteiger partial charge is 0.240 e. The van der Waals surface area contributed by atoms with Crippen molar-refractivity contribution in [2.75, 3.05) is 12.8 Å². The molecule has 21 heavy (non-hydrogen) atoms. The molecule has 0 unspecified atom stereocenters. The summed E-state index contributed by atoms with van der Waals surface area (Å²) in [5.74, 6) is 0.225. The Kier molecular flexibility index (Phi) is 4.15. The van der Waals surface area contributed by atoms with Gasteiger partial charge >= 0.3 is 0 Å². The number of benzene rings is 2. The molecule has 0 amide bonds. The Morgan fingerprint density at radius 1 is 1.14 bits per heavy atom. The number of aryl methyl sites for hydroxylation is 1. The van der Waals surface area contributed by atoms with Gasteiger partial charge in [0, 0.05) is 6.07 Å². The lowest BCUT2D eigenvalue weighted by Gasteiger charge is -2.12. The average Bonchev–Trinajstić information content (AvgIpc) is 2.43. The van der Waals surface area contributed by atoms with Crippen LogP contribution in [0.25, 0.3) is 0 Å². The van der Waals surface area contributed by atoms with Crippen molar-refractivity contribution < 1.29 is 17.5 Å². The summed E-state index contributed by atoms with van der Waals surface area (Å²) in [4.78, 5) is 0.0361. The van der Waals surface area contributed by atoms with Crippen molar-refractivity contribution in [2.24, 2.45) is 0 Å². The van der Waals surface area contributed by atoms with Crippen LogP contribution in [0.4, 0.5) is 10.1 Å². The van der Waals surface area contributed by atoms with Crippen molar-refractivity contribution in [3.05, 3.63) is 47.8 Å². The summed E-state index contributed by atoms with van der Waals surface area (Å²) in [5.41, 5.74) is 6.65. The van der Waals surface area contributed by atoms with Gasteiger partial charge in [-0.05, 0) is 49.9 Å². The van der Waals surface area contributed by atoms with Crippen LogP contribution in [0.15, 0.2) is 41.3 Å². The number of halogens is 1. The number of nitrogens with one attached hydrogen (secondary N) is 1. The summed E-state index contributed by atoms with van der Waals surface area (Å²) < 4.78 is 44.4. The lowest BCUT2D eigenvalue weighted by Crippen LogP contribution is -2.18. The topological polar surface area (TPSA) is 81.4 Å². The van der Waals surface area contributed by atoms with Gasteiger partial charge in [-0.25, -0.2) is 17.5 Å². The molecular weight excluding hydrogens is 295 g/mol. The summed E-state index contributed by atoms with van der Waals surface area (Å²) in [7, 11) is -2.28. The van der Waals surface area contributed by atoms with E-state index in [1.807, 2.05) is 0 Å². The molecule has 2 aromatic rings. The number of sulfonamides is 1. The molecule has 2 aromatic carbocycles. The largest absolute Gasteiger partial charge is 0.455 e. The second kappa shape index (κ2) is 5.71. The third-order valence-electron chi connectivity index (χ3n) is 2.92. The zero-order valence-electron chi connectivity index (χ0n) is 11.6. The molecule has 0 heterocycles. The Morgan fingerprint density at radius 3 is 2.48 bits per heavy atom. The summed E-state index contributed by atoms with van der Waals surface area (Å²) in [6.07, 6.45) is 0. The third-order valence-corrected chi connectivity index (χ3v) is 4.33. The summed E-state index contributed by atoms with van der Waals surface area (Å²) in [5, 5.41) is 0. The second-order valence-electron chi connectivity index (χ2n) is 4.42. The monoisotopic (exact) mass is 310 g/mol. The van der Waals surface area contributed by atoms with Gasteiger partial charge in [-0.1, -0.05) is 0 Å². The number of rotatable bonds is 4. The molecule has 0 spiro atoms. The average molecular weight is 310 g/mol. The van der Waals surface area contributed by atoms with Crippen LogP contribution in [-0.4, -0.2) is 15.5 Å². The Labute approximate surface area is 122 Å². The molecule has 0 aromatic heterocycles. The molecule has 3 N–H and O–H groups in total. The molecule has 0 bridgehead atoms. The first-order chi connectivity index (χ1) is 9.83. The minimum atomic E-state index is -3.59. The van der Waals surface area contributed by atoms with E-state index in [0.717, 1.165) is 0 Å². The first kappa shape index (κ1) is 15.3. The standard InChI is InChI=1S/C14H15FN2O3S/c1-9-7-10(15)3-6-13(9)20-14-8-11(4-5-12(14)16)21(18,19)17-2/h3-8,17H,16H2,1-2H3. The first-order valence-corrected chi connectivity index (χ1v) is 7.59. The predicted octanol–water partition coefficient (Wildman–Crippen LogP) is 2.42. The quantitative estimate of drug-likeness (QED) is 0.850. The van der Waals surface area contributed by atoms with Crippen molar-refractivity contribution >= 4 is 15.7 Å². The Hall–Kier alpha value is -2.12. The van der Waals surface area contributed by atoms with Crippen molar-refractivity contribution in [1.82, 2.24) is 4.72 Å². The Bertz CT molecular complexity index is 776. The normalized spacial score (nSPS) is 11.4. The fourth-order valence-electron chi connectivity index (χ4n) is 1.73. The number of anilines is 1. The van der Waals surface area contributed by atoms with E-state index >= 15 is 0 Å². The van der Waals surface area contributed by atoms with Gasteiger partial charge in [0.15, 0.2) is 5.75 Å². The third kappa shape index (κ3) is 3.32. The van der Waals surface area contributed by atoms with Crippen molar-refractivity contribution in [3.8, 4) is 11.5 Å². The molecule has 0 aliphatic heterocycles. The van der Waals surface area contributed by atoms with Gasteiger partial charge in [-0.15, -0.1) is 0 Å². The van der Waals surface area contributed by atoms with E-state index in [9.17, 15) is 12.8 Å². The number of nitrogen functional groups attached to an aromatic ring is 1. The molecule has 0 saturated heterocycles. The van der Waals surface area contributed by atoms with Gasteiger partial charge in [0.05, 0.1) is 10.6 Å². The second-order valence-corrected chi connectivity index (χ2v) is 6.31. The van der Waals surface area contributed by atoms with E-state index in [1.54, 1.807) is 6.92 Å². The van der Waals surface area contributed by atoms with Crippen LogP contribution in [0.1, 0.15) is 5.56 Å². The van der Waals surface area contributed by atoms with Gasteiger partial charge in [0.2, 0.25) is 10.0 Å². The molecule has 0 aliphatic carbocycles. The van der Waals surface area contributed by atoms with Gasteiger partial charge in [-0.2, -0.15) is 0 Å². The fourth-order valence-corrected chi connectivity index (χ4v) is 2.48. The van der Waals surface area contributed by atoms with Crippen LogP contribution in [-0.2, 0) is 10.0 Å². The lowest BCUT2D eigenvalue weighted by molar-refractivity contribution is 0.477. The van der Waals surface area contributed by atoms with E-state index in [2.05, 4.69) is 4.72 Å². The molecular formula is C14H15FN2O3S. The van der Waals surface area contributed by atoms with Crippen molar-refractivity contribution in [3.63, 3.8) is 0 Å². The van der Waals surface area contributed by atoms with Crippen LogP contribution in [0.5, 0.6) is 11.5 Å². The highest BCUT2D eigenvalue weighted by molar-refractivity contribution is 7.89.